The van der Waals surface area contributed by atoms with Gasteiger partial charge in [0.15, 0.2) is 0 Å². The number of hydrogen-bond acceptors (Lipinski definition) is 4. The van der Waals surface area contributed by atoms with Crippen molar-refractivity contribution in [2.24, 2.45) is 0 Å². The molecule has 0 aliphatic rings. The van der Waals surface area contributed by atoms with Crippen LogP contribution in [0.3, 0.4) is 0 Å². The smallest absolute Gasteiger partial charge is 0.339 e. The molecule has 0 saturated carbocycles. The van der Waals surface area contributed by atoms with Crippen molar-refractivity contribution >= 4 is 11.9 Å². The fraction of sp³-hybridized carbons (Fsp3) is 0.704. The van der Waals surface area contributed by atoms with Crippen LogP contribution in [-0.4, -0.2) is 34.9 Å². The van der Waals surface area contributed by atoms with E-state index in [1.54, 1.807) is 12.1 Å². The molecule has 5 heteroatoms. The fourth-order valence-corrected chi connectivity index (χ4v) is 3.37. The Morgan fingerprint density at radius 2 is 1.25 bits per heavy atom. The van der Waals surface area contributed by atoms with Crippen molar-refractivity contribution in [2.45, 2.75) is 117 Å². The number of unbranched alkanes of at least 4 members (excludes halogenated alkanes) is 11. The number of rotatable bonds is 17. The third-order valence-electron chi connectivity index (χ3n) is 5.33. The predicted molar refractivity (Wildman–Crippen MR) is 131 cm³/mol. The number of carboxylic acid groups (broad SMARTS) is 1. The highest BCUT2D eigenvalue weighted by atomic mass is 16.5. The lowest BCUT2D eigenvalue weighted by Gasteiger charge is -2.07. The lowest BCUT2D eigenvalue weighted by molar-refractivity contribution is 0.0487. The summed E-state index contributed by atoms with van der Waals surface area (Å²) in [7, 11) is 0. The molecule has 0 saturated heterocycles. The molecule has 0 aliphatic carbocycles. The molecule has 2 N–H and O–H groups in total. The molecule has 1 unspecified atom stereocenters. The number of carbonyl (C=O) groups is 2. The molecule has 0 fully saturated rings. The fourth-order valence-electron chi connectivity index (χ4n) is 3.37. The molecule has 0 amide bonds. The zero-order valence-corrected chi connectivity index (χ0v) is 20.6. The number of carboxylic acids is 1. The lowest BCUT2D eigenvalue weighted by atomic mass is 10.1. The van der Waals surface area contributed by atoms with Crippen molar-refractivity contribution in [3.8, 4) is 0 Å². The number of ether oxygens (including phenoxy) is 1. The second-order valence-corrected chi connectivity index (χ2v) is 8.51. The van der Waals surface area contributed by atoms with Gasteiger partial charge in [0.25, 0.3) is 0 Å². The minimum atomic E-state index is -1.11. The number of aliphatic hydroxyl groups is 1. The van der Waals surface area contributed by atoms with Crippen LogP contribution in [0.1, 0.15) is 131 Å². The van der Waals surface area contributed by atoms with Crippen LogP contribution in [-0.2, 0) is 4.74 Å². The molecule has 32 heavy (non-hydrogen) atoms. The van der Waals surface area contributed by atoms with Crippen LogP contribution in [0.4, 0.5) is 0 Å². The van der Waals surface area contributed by atoms with E-state index < -0.39 is 11.9 Å². The Balaban J connectivity index is 0.000000687. The Bertz CT molecular complexity index is 597. The highest BCUT2D eigenvalue weighted by Crippen LogP contribution is 2.12. The van der Waals surface area contributed by atoms with E-state index in [1.165, 1.54) is 76.3 Å². The summed E-state index contributed by atoms with van der Waals surface area (Å²) in [6, 6.07) is 6.11. The van der Waals surface area contributed by atoms with Gasteiger partial charge in [-0.15, -0.1) is 0 Å². The van der Waals surface area contributed by atoms with Gasteiger partial charge in [-0.25, -0.2) is 9.59 Å². The molecule has 0 radical (unpaired) electrons. The van der Waals surface area contributed by atoms with E-state index in [4.69, 9.17) is 14.9 Å². The van der Waals surface area contributed by atoms with Gasteiger partial charge < -0.3 is 14.9 Å². The molecule has 0 aromatic heterocycles. The maximum Gasteiger partial charge on any atom is 0.339 e. The standard InChI is InChI=1S/C16H22O4.C11H24O/c1-2-3-4-5-6-9-12-20-16(19)14-11-8-7-10-13(14)15(17)18;1-3-4-5-6-7-8-9-10-11(2)12/h7-8,10-11H,2-6,9,12H2,1H3,(H,17,18);11-12H,3-10H2,1-2H3. The van der Waals surface area contributed by atoms with Gasteiger partial charge in [0.05, 0.1) is 23.8 Å². The normalized spacial score (nSPS) is 11.4. The zero-order valence-electron chi connectivity index (χ0n) is 20.6. The summed E-state index contributed by atoms with van der Waals surface area (Å²) in [5, 5.41) is 18.0. The van der Waals surface area contributed by atoms with Gasteiger partial charge in [0, 0.05) is 0 Å². The Labute approximate surface area is 195 Å². The highest BCUT2D eigenvalue weighted by molar-refractivity contribution is 6.02. The average Bonchev–Trinajstić information content (AvgIpc) is 2.78. The quantitative estimate of drug-likeness (QED) is 0.191. The number of aliphatic hydroxyl groups excluding tert-OH is 1. The molecular formula is C27H46O5. The number of hydrogen-bond donors (Lipinski definition) is 2. The first-order valence-corrected chi connectivity index (χ1v) is 12.6. The summed E-state index contributed by atoms with van der Waals surface area (Å²) in [5.41, 5.74) is 0.103. The maximum atomic E-state index is 11.8. The summed E-state index contributed by atoms with van der Waals surface area (Å²) in [5.74, 6) is -1.67. The van der Waals surface area contributed by atoms with Crippen LogP contribution in [0.2, 0.25) is 0 Å². The summed E-state index contributed by atoms with van der Waals surface area (Å²) in [6.45, 7) is 6.63. The predicted octanol–water partition coefficient (Wildman–Crippen LogP) is 7.41. The van der Waals surface area contributed by atoms with Crippen molar-refractivity contribution in [3.63, 3.8) is 0 Å². The van der Waals surface area contributed by atoms with Crippen molar-refractivity contribution in [3.05, 3.63) is 35.4 Å². The van der Waals surface area contributed by atoms with E-state index in [2.05, 4.69) is 13.8 Å². The first-order valence-electron chi connectivity index (χ1n) is 12.6. The van der Waals surface area contributed by atoms with Gasteiger partial charge in [-0.3, -0.25) is 0 Å². The molecule has 1 atom stereocenters. The summed E-state index contributed by atoms with van der Waals surface area (Å²) in [6.07, 6.45) is 16.9. The first kappa shape index (κ1) is 30.1. The van der Waals surface area contributed by atoms with Crippen molar-refractivity contribution < 1.29 is 24.5 Å². The van der Waals surface area contributed by atoms with E-state index in [1.807, 2.05) is 6.92 Å². The topological polar surface area (TPSA) is 83.8 Å². The van der Waals surface area contributed by atoms with E-state index in [0.717, 1.165) is 25.7 Å². The van der Waals surface area contributed by atoms with Gasteiger partial charge in [0.2, 0.25) is 0 Å². The summed E-state index contributed by atoms with van der Waals surface area (Å²) in [4.78, 5) is 22.8. The van der Waals surface area contributed by atoms with Gasteiger partial charge >= 0.3 is 11.9 Å². The monoisotopic (exact) mass is 450 g/mol. The molecule has 1 rings (SSSR count). The zero-order chi connectivity index (χ0) is 24.0. The largest absolute Gasteiger partial charge is 0.478 e. The number of benzene rings is 1. The Morgan fingerprint density at radius 1 is 0.781 bits per heavy atom. The van der Waals surface area contributed by atoms with Crippen molar-refractivity contribution in [1.29, 1.82) is 0 Å². The molecule has 0 aliphatic heterocycles. The third kappa shape index (κ3) is 16.8. The maximum absolute atomic E-state index is 11.8. The second-order valence-electron chi connectivity index (χ2n) is 8.51. The summed E-state index contributed by atoms with van der Waals surface area (Å²) < 4.78 is 5.12. The van der Waals surface area contributed by atoms with Crippen LogP contribution >= 0.6 is 0 Å². The number of aromatic carboxylic acids is 1. The molecular weight excluding hydrogens is 404 g/mol. The minimum Gasteiger partial charge on any atom is -0.478 e. The van der Waals surface area contributed by atoms with E-state index in [9.17, 15) is 9.59 Å². The SMILES string of the molecule is CCCCCCCCCC(C)O.CCCCCCCCOC(=O)c1ccccc1C(=O)O. The van der Waals surface area contributed by atoms with E-state index >= 15 is 0 Å². The Kier molecular flexibility index (Phi) is 19.8. The van der Waals surface area contributed by atoms with Crippen LogP contribution < -0.4 is 0 Å². The van der Waals surface area contributed by atoms with Gasteiger partial charge in [-0.2, -0.15) is 0 Å². The first-order chi connectivity index (χ1) is 15.4. The van der Waals surface area contributed by atoms with E-state index in [0.29, 0.717) is 6.61 Å². The molecule has 0 spiro atoms. The molecule has 1 aromatic carbocycles. The van der Waals surface area contributed by atoms with Crippen LogP contribution in [0.25, 0.3) is 0 Å². The lowest BCUT2D eigenvalue weighted by Crippen LogP contribution is -2.12. The Hall–Kier alpha value is -1.88. The molecule has 0 bridgehead atoms. The van der Waals surface area contributed by atoms with Crippen LogP contribution in [0.15, 0.2) is 24.3 Å². The van der Waals surface area contributed by atoms with E-state index in [-0.39, 0.29) is 17.2 Å². The minimum absolute atomic E-state index is 0.0135. The molecule has 5 nitrogen and oxygen atoms in total. The second kappa shape index (κ2) is 21.0. The number of esters is 1. The van der Waals surface area contributed by atoms with Gasteiger partial charge in [-0.05, 0) is 31.9 Å². The Morgan fingerprint density at radius 3 is 1.75 bits per heavy atom. The van der Waals surface area contributed by atoms with Crippen molar-refractivity contribution in [1.82, 2.24) is 0 Å². The van der Waals surface area contributed by atoms with Crippen LogP contribution in [0.5, 0.6) is 0 Å². The van der Waals surface area contributed by atoms with Crippen molar-refractivity contribution in [2.75, 3.05) is 6.61 Å². The van der Waals surface area contributed by atoms with Gasteiger partial charge in [0.1, 0.15) is 0 Å². The highest BCUT2D eigenvalue weighted by Gasteiger charge is 2.16. The van der Waals surface area contributed by atoms with Gasteiger partial charge in [-0.1, -0.05) is 103 Å². The number of carbonyl (C=O) groups excluding carboxylic acids is 1. The van der Waals surface area contributed by atoms with Crippen LogP contribution in [0, 0.1) is 0 Å². The molecule has 0 heterocycles. The molecule has 184 valence electrons. The molecule has 1 aromatic rings. The average molecular weight is 451 g/mol. The summed E-state index contributed by atoms with van der Waals surface area (Å²) >= 11 is 0. The third-order valence-corrected chi connectivity index (χ3v) is 5.33.